The summed E-state index contributed by atoms with van der Waals surface area (Å²) in [7, 11) is 0. The summed E-state index contributed by atoms with van der Waals surface area (Å²) in [6, 6.07) is 18.2. The molecule has 0 aliphatic carbocycles. The SMILES string of the molecule is Cc1cc(C)cc(-c2ccc3[se]c(-c4c(C)cc(C(C)C)cc4C)cc3n2)c1. The Morgan fingerprint density at radius 1 is 0.786 bits per heavy atom. The first kappa shape index (κ1) is 19.2. The molecule has 0 saturated carbocycles. The van der Waals surface area contributed by atoms with Crippen LogP contribution in [0.4, 0.5) is 0 Å². The van der Waals surface area contributed by atoms with Crippen molar-refractivity contribution >= 4 is 24.3 Å². The molecule has 4 rings (SSSR count). The summed E-state index contributed by atoms with van der Waals surface area (Å²) in [5.74, 6) is 0.564. The quantitative estimate of drug-likeness (QED) is 0.318. The molecular formula is C26H27NSe. The van der Waals surface area contributed by atoms with Crippen molar-refractivity contribution in [2.75, 3.05) is 0 Å². The number of hydrogen-bond acceptors (Lipinski definition) is 1. The van der Waals surface area contributed by atoms with Crippen LogP contribution in [0.15, 0.2) is 48.5 Å². The van der Waals surface area contributed by atoms with Gasteiger partial charge in [-0.3, -0.25) is 0 Å². The molecule has 2 heterocycles. The van der Waals surface area contributed by atoms with Gasteiger partial charge in [-0.05, 0) is 0 Å². The second kappa shape index (κ2) is 7.35. The number of aromatic nitrogens is 1. The standard InChI is InChI=1S/C26H27NSe/c1-15(2)20-12-18(5)26(19(6)13-20)25-14-23-24(28-25)8-7-22(27-23)21-10-16(3)9-17(4)11-21/h7-15H,1-6H3. The van der Waals surface area contributed by atoms with E-state index in [4.69, 9.17) is 4.98 Å². The first-order valence-electron chi connectivity index (χ1n) is 9.92. The first-order valence-corrected chi connectivity index (χ1v) is 11.6. The number of hydrogen-bond donors (Lipinski definition) is 0. The summed E-state index contributed by atoms with van der Waals surface area (Å²) in [6.07, 6.45) is 0. The van der Waals surface area contributed by atoms with Gasteiger partial charge in [-0.2, -0.15) is 0 Å². The maximum atomic E-state index is 5.03. The Bertz CT molecular complexity index is 1140. The predicted molar refractivity (Wildman–Crippen MR) is 123 cm³/mol. The maximum absolute atomic E-state index is 5.03. The van der Waals surface area contributed by atoms with Gasteiger partial charge in [-0.15, -0.1) is 0 Å². The molecule has 0 fully saturated rings. The van der Waals surface area contributed by atoms with Crippen LogP contribution in [-0.4, -0.2) is 19.5 Å². The Balaban J connectivity index is 1.81. The van der Waals surface area contributed by atoms with E-state index < -0.39 is 0 Å². The molecule has 0 aliphatic rings. The Hall–Kier alpha value is -2.15. The van der Waals surface area contributed by atoms with Gasteiger partial charge in [0.1, 0.15) is 0 Å². The molecule has 2 aromatic carbocycles. The van der Waals surface area contributed by atoms with Crippen molar-refractivity contribution in [2.24, 2.45) is 0 Å². The van der Waals surface area contributed by atoms with Gasteiger partial charge in [0, 0.05) is 0 Å². The van der Waals surface area contributed by atoms with E-state index in [2.05, 4.69) is 90.1 Å². The van der Waals surface area contributed by atoms with Crippen LogP contribution in [0.1, 0.15) is 47.6 Å². The van der Waals surface area contributed by atoms with Crippen molar-refractivity contribution < 1.29 is 0 Å². The van der Waals surface area contributed by atoms with E-state index in [0.717, 1.165) is 11.2 Å². The first-order chi connectivity index (χ1) is 13.3. The van der Waals surface area contributed by atoms with Crippen LogP contribution in [0, 0.1) is 27.7 Å². The minimum atomic E-state index is 0.318. The van der Waals surface area contributed by atoms with Crippen LogP contribution in [-0.2, 0) is 0 Å². The van der Waals surface area contributed by atoms with Crippen LogP contribution >= 0.6 is 0 Å². The Morgan fingerprint density at radius 2 is 1.43 bits per heavy atom. The fourth-order valence-corrected chi connectivity index (χ4v) is 6.52. The zero-order chi connectivity index (χ0) is 20.0. The van der Waals surface area contributed by atoms with Crippen molar-refractivity contribution in [2.45, 2.75) is 47.5 Å². The number of fused-ring (bicyclic) bond motifs is 1. The molecule has 1 nitrogen and oxygen atoms in total. The molecule has 0 N–H and O–H groups in total. The topological polar surface area (TPSA) is 12.9 Å². The van der Waals surface area contributed by atoms with Gasteiger partial charge in [-0.25, -0.2) is 0 Å². The molecule has 142 valence electrons. The van der Waals surface area contributed by atoms with Crippen LogP contribution in [0.2, 0.25) is 0 Å². The average molecular weight is 432 g/mol. The van der Waals surface area contributed by atoms with Gasteiger partial charge in [0.25, 0.3) is 0 Å². The molecule has 28 heavy (non-hydrogen) atoms. The summed E-state index contributed by atoms with van der Waals surface area (Å²) in [5, 5.41) is 0. The number of nitrogens with zero attached hydrogens (tertiary/aromatic N) is 1. The molecule has 0 radical (unpaired) electrons. The molecule has 0 aliphatic heterocycles. The molecule has 0 amide bonds. The summed E-state index contributed by atoms with van der Waals surface area (Å²) in [6.45, 7) is 13.3. The van der Waals surface area contributed by atoms with Gasteiger partial charge >= 0.3 is 174 Å². The van der Waals surface area contributed by atoms with E-state index in [1.807, 2.05) is 0 Å². The van der Waals surface area contributed by atoms with E-state index in [1.54, 1.807) is 0 Å². The molecule has 2 aromatic heterocycles. The zero-order valence-electron chi connectivity index (χ0n) is 17.6. The zero-order valence-corrected chi connectivity index (χ0v) is 19.3. The summed E-state index contributed by atoms with van der Waals surface area (Å²) >= 11 is 0.318. The van der Waals surface area contributed by atoms with Crippen LogP contribution < -0.4 is 0 Å². The fourth-order valence-electron chi connectivity index (χ4n) is 4.05. The minimum absolute atomic E-state index is 0.318. The van der Waals surface area contributed by atoms with Crippen molar-refractivity contribution in [1.29, 1.82) is 0 Å². The number of rotatable bonds is 3. The molecule has 0 spiro atoms. The summed E-state index contributed by atoms with van der Waals surface area (Å²) < 4.78 is 2.85. The van der Waals surface area contributed by atoms with Crippen molar-refractivity contribution in [1.82, 2.24) is 4.98 Å². The average Bonchev–Trinajstić information content (AvgIpc) is 3.02. The Kier molecular flexibility index (Phi) is 5.03. The summed E-state index contributed by atoms with van der Waals surface area (Å²) in [4.78, 5) is 5.03. The molecular weight excluding hydrogens is 405 g/mol. The molecule has 0 unspecified atom stereocenters. The van der Waals surface area contributed by atoms with Gasteiger partial charge in [0.05, 0.1) is 0 Å². The third kappa shape index (κ3) is 3.60. The van der Waals surface area contributed by atoms with Crippen molar-refractivity contribution in [3.8, 4) is 21.3 Å². The van der Waals surface area contributed by atoms with Gasteiger partial charge < -0.3 is 0 Å². The Morgan fingerprint density at radius 3 is 2.04 bits per heavy atom. The van der Waals surface area contributed by atoms with E-state index in [0.29, 0.717) is 20.4 Å². The molecule has 0 bridgehead atoms. The Labute approximate surface area is 174 Å². The second-order valence-corrected chi connectivity index (χ2v) is 10.5. The van der Waals surface area contributed by atoms with Gasteiger partial charge in [0.2, 0.25) is 0 Å². The third-order valence-corrected chi connectivity index (χ3v) is 7.68. The number of benzene rings is 2. The van der Waals surface area contributed by atoms with Crippen molar-refractivity contribution in [3.63, 3.8) is 0 Å². The fraction of sp³-hybridized carbons (Fsp3) is 0.269. The second-order valence-electron chi connectivity index (χ2n) is 8.25. The predicted octanol–water partition coefficient (Wildman–Crippen LogP) is 6.98. The van der Waals surface area contributed by atoms with Crippen LogP contribution in [0.5, 0.6) is 0 Å². The van der Waals surface area contributed by atoms with E-state index in [1.165, 1.54) is 47.6 Å². The molecule has 2 heteroatoms. The number of pyridine rings is 1. The molecule has 4 aromatic rings. The number of aryl methyl sites for hydroxylation is 4. The van der Waals surface area contributed by atoms with E-state index in [9.17, 15) is 0 Å². The van der Waals surface area contributed by atoms with E-state index in [-0.39, 0.29) is 0 Å². The molecule has 0 saturated heterocycles. The van der Waals surface area contributed by atoms with Crippen LogP contribution in [0.3, 0.4) is 0 Å². The molecule has 0 atom stereocenters. The monoisotopic (exact) mass is 433 g/mol. The van der Waals surface area contributed by atoms with Gasteiger partial charge in [0.15, 0.2) is 0 Å². The van der Waals surface area contributed by atoms with Crippen LogP contribution in [0.25, 0.3) is 31.0 Å². The normalized spacial score (nSPS) is 11.5. The summed E-state index contributed by atoms with van der Waals surface area (Å²) in [5.41, 5.74) is 11.6. The van der Waals surface area contributed by atoms with E-state index >= 15 is 0 Å². The van der Waals surface area contributed by atoms with Gasteiger partial charge in [-0.1, -0.05) is 0 Å². The third-order valence-electron chi connectivity index (χ3n) is 5.36. The van der Waals surface area contributed by atoms with Crippen molar-refractivity contribution in [3.05, 3.63) is 76.3 Å².